The molecule has 6 heteroatoms. The van der Waals surface area contributed by atoms with Crippen molar-refractivity contribution in [1.82, 2.24) is 10.3 Å². The van der Waals surface area contributed by atoms with E-state index < -0.39 is 5.91 Å². The van der Waals surface area contributed by atoms with Crippen LogP contribution >= 0.6 is 11.6 Å². The molecule has 0 spiro atoms. The summed E-state index contributed by atoms with van der Waals surface area (Å²) in [5, 5.41) is 2.78. The second-order valence-corrected chi connectivity index (χ2v) is 5.09. The van der Waals surface area contributed by atoms with Crippen molar-refractivity contribution in [1.29, 1.82) is 0 Å². The predicted octanol–water partition coefficient (Wildman–Crippen LogP) is 3.33. The van der Waals surface area contributed by atoms with Crippen LogP contribution in [0.4, 0.5) is 0 Å². The summed E-state index contributed by atoms with van der Waals surface area (Å²) in [6.07, 6.45) is 8.60. The minimum absolute atomic E-state index is 0.155. The number of halogens is 1. The molecule has 0 radical (unpaired) electrons. The van der Waals surface area contributed by atoms with Crippen LogP contribution in [0.3, 0.4) is 0 Å². The van der Waals surface area contributed by atoms with Crippen LogP contribution in [0.1, 0.15) is 55.8 Å². The van der Waals surface area contributed by atoms with Gasteiger partial charge >= 0.3 is 5.97 Å². The molecule has 1 aromatic rings. The first-order valence-corrected chi connectivity index (χ1v) is 7.56. The molecule has 0 fully saturated rings. The third kappa shape index (κ3) is 7.09. The highest BCUT2D eigenvalue weighted by atomic mass is 35.5. The van der Waals surface area contributed by atoms with Crippen LogP contribution in [0, 0.1) is 0 Å². The Kier molecular flexibility index (Phi) is 8.43. The number of hydrogen-bond acceptors (Lipinski definition) is 4. The van der Waals surface area contributed by atoms with Gasteiger partial charge in [0.2, 0.25) is 0 Å². The van der Waals surface area contributed by atoms with E-state index in [0.717, 1.165) is 19.3 Å². The second-order valence-electron chi connectivity index (χ2n) is 4.69. The van der Waals surface area contributed by atoms with Gasteiger partial charge in [-0.25, -0.2) is 0 Å². The number of hydrogen-bond donors (Lipinski definition) is 1. The summed E-state index contributed by atoms with van der Waals surface area (Å²) < 4.78 is 4.95. The van der Waals surface area contributed by atoms with Crippen molar-refractivity contribution in [3.8, 4) is 0 Å². The largest absolute Gasteiger partial charge is 0.444 e. The SMILES string of the molecule is CCCCCCCC(=O)OCNC(=O)c1cnccc1Cl. The number of amides is 1. The Labute approximate surface area is 130 Å². The number of pyridine rings is 1. The Morgan fingerprint density at radius 2 is 2.05 bits per heavy atom. The molecule has 1 aromatic heterocycles. The van der Waals surface area contributed by atoms with Crippen molar-refractivity contribution in [2.24, 2.45) is 0 Å². The molecule has 1 rings (SSSR count). The topological polar surface area (TPSA) is 68.3 Å². The van der Waals surface area contributed by atoms with Gasteiger partial charge < -0.3 is 10.1 Å². The summed E-state index contributed by atoms with van der Waals surface area (Å²) in [7, 11) is 0. The molecule has 1 amide bonds. The number of esters is 1. The van der Waals surface area contributed by atoms with Crippen LogP contribution in [-0.2, 0) is 9.53 Å². The molecule has 0 unspecified atom stereocenters. The van der Waals surface area contributed by atoms with Gasteiger partial charge in [0.15, 0.2) is 6.73 Å². The molecular formula is C15H21ClN2O3. The van der Waals surface area contributed by atoms with E-state index in [9.17, 15) is 9.59 Å². The van der Waals surface area contributed by atoms with E-state index >= 15 is 0 Å². The number of aromatic nitrogens is 1. The van der Waals surface area contributed by atoms with Crippen molar-refractivity contribution >= 4 is 23.5 Å². The van der Waals surface area contributed by atoms with Crippen molar-refractivity contribution in [2.45, 2.75) is 45.4 Å². The molecule has 0 aliphatic rings. The van der Waals surface area contributed by atoms with Gasteiger partial charge in [-0.2, -0.15) is 0 Å². The molecule has 21 heavy (non-hydrogen) atoms. The summed E-state index contributed by atoms with van der Waals surface area (Å²) in [5.41, 5.74) is 0.259. The van der Waals surface area contributed by atoms with Crippen LogP contribution in [0.25, 0.3) is 0 Å². The first-order valence-electron chi connectivity index (χ1n) is 7.18. The summed E-state index contributed by atoms with van der Waals surface area (Å²) in [4.78, 5) is 27.0. The maximum absolute atomic E-state index is 11.8. The highest BCUT2D eigenvalue weighted by Crippen LogP contribution is 2.12. The van der Waals surface area contributed by atoms with Gasteiger partial charge in [0.25, 0.3) is 5.91 Å². The molecule has 0 bridgehead atoms. The number of ether oxygens (including phenoxy) is 1. The van der Waals surface area contributed by atoms with Crippen LogP contribution < -0.4 is 5.32 Å². The van der Waals surface area contributed by atoms with E-state index in [1.165, 1.54) is 31.3 Å². The van der Waals surface area contributed by atoms with Gasteiger partial charge in [0, 0.05) is 18.8 Å². The van der Waals surface area contributed by atoms with Gasteiger partial charge in [0.1, 0.15) is 0 Å². The Hall–Kier alpha value is -1.62. The van der Waals surface area contributed by atoms with Crippen molar-refractivity contribution < 1.29 is 14.3 Å². The Bertz CT molecular complexity index is 466. The fourth-order valence-corrected chi connectivity index (χ4v) is 1.96. The molecule has 0 aromatic carbocycles. The highest BCUT2D eigenvalue weighted by Gasteiger charge is 2.10. The average Bonchev–Trinajstić information content (AvgIpc) is 2.47. The quantitative estimate of drug-likeness (QED) is 0.431. The van der Waals surface area contributed by atoms with Gasteiger partial charge in [-0.15, -0.1) is 0 Å². The fraction of sp³-hybridized carbons (Fsp3) is 0.533. The van der Waals surface area contributed by atoms with Crippen molar-refractivity contribution in [3.05, 3.63) is 29.0 Å². The number of carbonyl (C=O) groups excluding carboxylic acids is 2. The fourth-order valence-electron chi connectivity index (χ4n) is 1.77. The zero-order valence-electron chi connectivity index (χ0n) is 12.2. The zero-order valence-corrected chi connectivity index (χ0v) is 13.0. The third-order valence-electron chi connectivity index (χ3n) is 2.96. The lowest BCUT2D eigenvalue weighted by atomic mass is 10.1. The molecule has 1 N–H and O–H groups in total. The summed E-state index contributed by atoms with van der Waals surface area (Å²) in [6.45, 7) is 1.99. The molecule has 0 saturated carbocycles. The summed E-state index contributed by atoms with van der Waals surface area (Å²) >= 11 is 5.86. The van der Waals surface area contributed by atoms with Gasteiger partial charge in [0.05, 0.1) is 10.6 Å². The lowest BCUT2D eigenvalue weighted by molar-refractivity contribution is -0.144. The second kappa shape index (κ2) is 10.2. The lowest BCUT2D eigenvalue weighted by Gasteiger charge is -2.07. The zero-order chi connectivity index (χ0) is 15.5. The molecule has 0 aliphatic carbocycles. The number of unbranched alkanes of at least 4 members (excludes halogenated alkanes) is 4. The van der Waals surface area contributed by atoms with Gasteiger partial charge in [-0.05, 0) is 12.5 Å². The molecular weight excluding hydrogens is 292 g/mol. The van der Waals surface area contributed by atoms with Crippen LogP contribution in [0.15, 0.2) is 18.5 Å². The maximum Gasteiger partial charge on any atom is 0.307 e. The Morgan fingerprint density at radius 3 is 2.76 bits per heavy atom. The molecule has 1 heterocycles. The molecule has 0 aliphatic heterocycles. The van der Waals surface area contributed by atoms with E-state index in [-0.39, 0.29) is 18.3 Å². The molecule has 0 atom stereocenters. The lowest BCUT2D eigenvalue weighted by Crippen LogP contribution is -2.28. The highest BCUT2D eigenvalue weighted by molar-refractivity contribution is 6.33. The van der Waals surface area contributed by atoms with E-state index in [2.05, 4.69) is 17.2 Å². The summed E-state index contributed by atoms with van der Waals surface area (Å²) in [6, 6.07) is 1.53. The first kappa shape index (κ1) is 17.4. The Balaban J connectivity index is 2.17. The van der Waals surface area contributed by atoms with E-state index in [1.54, 1.807) is 0 Å². The smallest absolute Gasteiger partial charge is 0.307 e. The monoisotopic (exact) mass is 312 g/mol. The minimum Gasteiger partial charge on any atom is -0.444 e. The van der Waals surface area contributed by atoms with Gasteiger partial charge in [-0.1, -0.05) is 44.2 Å². The maximum atomic E-state index is 11.8. The normalized spacial score (nSPS) is 10.2. The molecule has 0 saturated heterocycles. The van der Waals surface area contributed by atoms with Crippen molar-refractivity contribution in [3.63, 3.8) is 0 Å². The van der Waals surface area contributed by atoms with Crippen LogP contribution in [0.2, 0.25) is 5.02 Å². The Morgan fingerprint density at radius 1 is 1.29 bits per heavy atom. The van der Waals surface area contributed by atoms with E-state index in [4.69, 9.17) is 16.3 Å². The number of nitrogens with zero attached hydrogens (tertiary/aromatic N) is 1. The van der Waals surface area contributed by atoms with Crippen LogP contribution in [0.5, 0.6) is 0 Å². The molecule has 116 valence electrons. The van der Waals surface area contributed by atoms with E-state index in [1.807, 2.05) is 0 Å². The van der Waals surface area contributed by atoms with Crippen LogP contribution in [-0.4, -0.2) is 23.6 Å². The number of carbonyl (C=O) groups is 2. The predicted molar refractivity (Wildman–Crippen MR) is 81.0 cm³/mol. The first-order chi connectivity index (χ1) is 10.1. The molecule has 5 nitrogen and oxygen atoms in total. The van der Waals surface area contributed by atoms with E-state index in [0.29, 0.717) is 11.4 Å². The van der Waals surface area contributed by atoms with Gasteiger partial charge in [-0.3, -0.25) is 14.6 Å². The summed E-state index contributed by atoms with van der Waals surface area (Å²) in [5.74, 6) is -0.715. The number of nitrogens with one attached hydrogen (secondary N) is 1. The third-order valence-corrected chi connectivity index (χ3v) is 3.29. The minimum atomic E-state index is -0.413. The average molecular weight is 313 g/mol. The van der Waals surface area contributed by atoms with Crippen molar-refractivity contribution in [2.75, 3.05) is 6.73 Å². The number of rotatable bonds is 9. The standard InChI is InChI=1S/C15H21ClN2O3/c1-2-3-4-5-6-7-14(19)21-11-18-15(20)12-10-17-9-8-13(12)16/h8-10H,2-7,11H2,1H3,(H,18,20).